The van der Waals surface area contributed by atoms with Crippen LogP contribution in [-0.4, -0.2) is 42.5 Å². The van der Waals surface area contributed by atoms with Crippen LogP contribution in [0.5, 0.6) is 0 Å². The highest BCUT2D eigenvalue weighted by atomic mass is 16.5. The van der Waals surface area contributed by atoms with Crippen molar-refractivity contribution >= 4 is 11.9 Å². The molecular formula is C23H26N2O3. The molecule has 1 amide bonds. The first-order valence-corrected chi connectivity index (χ1v) is 9.85. The summed E-state index contributed by atoms with van der Waals surface area (Å²) in [4.78, 5) is 26.7. The van der Waals surface area contributed by atoms with E-state index in [4.69, 9.17) is 4.74 Å². The summed E-state index contributed by atoms with van der Waals surface area (Å²) in [6.45, 7) is 2.67. The Bertz CT molecular complexity index is 857. The van der Waals surface area contributed by atoms with Crippen molar-refractivity contribution < 1.29 is 14.3 Å². The van der Waals surface area contributed by atoms with Crippen molar-refractivity contribution in [2.75, 3.05) is 20.2 Å². The number of piperidine rings is 1. The number of carbonyl (C=O) groups is 2. The van der Waals surface area contributed by atoms with Crippen LogP contribution in [0.2, 0.25) is 0 Å². The first kappa shape index (κ1) is 18.7. The Morgan fingerprint density at radius 2 is 1.89 bits per heavy atom. The number of hydrogen-bond acceptors (Lipinski definition) is 4. The number of benzene rings is 2. The molecule has 1 N–H and O–H groups in total. The molecule has 2 aliphatic heterocycles. The number of rotatable bonds is 4. The Hall–Kier alpha value is -2.66. The summed E-state index contributed by atoms with van der Waals surface area (Å²) < 4.78 is 4.81. The first-order chi connectivity index (χ1) is 13.6. The van der Waals surface area contributed by atoms with Gasteiger partial charge in [0.05, 0.1) is 18.6 Å². The van der Waals surface area contributed by atoms with E-state index in [1.807, 2.05) is 48.5 Å². The fourth-order valence-corrected chi connectivity index (χ4v) is 4.48. The van der Waals surface area contributed by atoms with Gasteiger partial charge < -0.3 is 10.1 Å². The molecule has 2 heterocycles. The molecule has 0 saturated carbocycles. The molecule has 0 unspecified atom stereocenters. The van der Waals surface area contributed by atoms with Gasteiger partial charge in [0.1, 0.15) is 0 Å². The summed E-state index contributed by atoms with van der Waals surface area (Å²) in [7, 11) is 1.40. The molecule has 2 aromatic rings. The second kappa shape index (κ2) is 7.76. The molecule has 2 fully saturated rings. The summed E-state index contributed by atoms with van der Waals surface area (Å²) in [6, 6.07) is 17.7. The second-order valence-corrected chi connectivity index (χ2v) is 7.91. The maximum absolute atomic E-state index is 12.6. The zero-order valence-electron chi connectivity index (χ0n) is 16.2. The van der Waals surface area contributed by atoms with Crippen LogP contribution >= 0.6 is 0 Å². The maximum atomic E-state index is 12.6. The Morgan fingerprint density at radius 1 is 1.14 bits per heavy atom. The molecule has 0 bridgehead atoms. The van der Waals surface area contributed by atoms with Crippen molar-refractivity contribution in [3.05, 3.63) is 71.3 Å². The highest BCUT2D eigenvalue weighted by Gasteiger charge is 2.46. The van der Waals surface area contributed by atoms with Crippen LogP contribution < -0.4 is 5.32 Å². The third-order valence-electron chi connectivity index (χ3n) is 6.07. The molecule has 2 saturated heterocycles. The van der Waals surface area contributed by atoms with Crippen molar-refractivity contribution in [1.29, 1.82) is 0 Å². The number of nitrogens with one attached hydrogen (secondary N) is 1. The summed E-state index contributed by atoms with van der Waals surface area (Å²) in [5, 5.41) is 3.31. The van der Waals surface area contributed by atoms with Crippen LogP contribution in [0.15, 0.2) is 54.6 Å². The van der Waals surface area contributed by atoms with Gasteiger partial charge in [0, 0.05) is 25.2 Å². The average Bonchev–Trinajstić information content (AvgIpc) is 3.06. The number of nitrogens with zero attached hydrogens (tertiary/aromatic N) is 1. The monoisotopic (exact) mass is 378 g/mol. The predicted octanol–water partition coefficient (Wildman–Crippen LogP) is 3.11. The van der Waals surface area contributed by atoms with Crippen molar-refractivity contribution in [3.63, 3.8) is 0 Å². The van der Waals surface area contributed by atoms with Gasteiger partial charge in [0.15, 0.2) is 0 Å². The van der Waals surface area contributed by atoms with Gasteiger partial charge in [-0.1, -0.05) is 42.5 Å². The Balaban J connectivity index is 1.37. The lowest BCUT2D eigenvalue weighted by Gasteiger charge is -2.39. The van der Waals surface area contributed by atoms with Gasteiger partial charge in [-0.2, -0.15) is 0 Å². The fraction of sp³-hybridized carbons (Fsp3) is 0.391. The van der Waals surface area contributed by atoms with Gasteiger partial charge >= 0.3 is 5.97 Å². The van der Waals surface area contributed by atoms with E-state index >= 15 is 0 Å². The largest absolute Gasteiger partial charge is 0.465 e. The molecule has 5 heteroatoms. The van der Waals surface area contributed by atoms with Gasteiger partial charge in [-0.15, -0.1) is 0 Å². The average molecular weight is 378 g/mol. The molecule has 0 aliphatic carbocycles. The van der Waals surface area contributed by atoms with E-state index < -0.39 is 0 Å². The predicted molar refractivity (Wildman–Crippen MR) is 107 cm³/mol. The number of likely N-dealkylation sites (tertiary alicyclic amines) is 1. The minimum Gasteiger partial charge on any atom is -0.465 e. The van der Waals surface area contributed by atoms with Crippen LogP contribution in [0, 0.1) is 0 Å². The molecule has 0 radical (unpaired) electrons. The van der Waals surface area contributed by atoms with E-state index in [-0.39, 0.29) is 23.3 Å². The van der Waals surface area contributed by atoms with Crippen LogP contribution in [0.25, 0.3) is 0 Å². The minimum atomic E-state index is -0.305. The van der Waals surface area contributed by atoms with E-state index in [9.17, 15) is 9.59 Å². The molecule has 4 rings (SSSR count). The topological polar surface area (TPSA) is 58.6 Å². The summed E-state index contributed by atoms with van der Waals surface area (Å²) >= 11 is 0. The highest BCUT2D eigenvalue weighted by molar-refractivity contribution is 5.89. The third kappa shape index (κ3) is 3.80. The van der Waals surface area contributed by atoms with Crippen molar-refractivity contribution in [2.45, 2.75) is 37.3 Å². The van der Waals surface area contributed by atoms with Gasteiger partial charge in [-0.3, -0.25) is 9.69 Å². The van der Waals surface area contributed by atoms with E-state index in [1.54, 1.807) is 6.07 Å². The fourth-order valence-electron chi connectivity index (χ4n) is 4.48. The van der Waals surface area contributed by atoms with Crippen molar-refractivity contribution in [3.8, 4) is 0 Å². The molecule has 146 valence electrons. The SMILES string of the molecule is COC(=O)c1cccc(CN2CCC3(CC2)C[C@H](c2ccccc2)C(=O)N3)c1. The molecule has 5 nitrogen and oxygen atoms in total. The smallest absolute Gasteiger partial charge is 0.337 e. The van der Waals surface area contributed by atoms with Crippen LogP contribution in [0.4, 0.5) is 0 Å². The Kier molecular flexibility index (Phi) is 5.18. The third-order valence-corrected chi connectivity index (χ3v) is 6.07. The highest BCUT2D eigenvalue weighted by Crippen LogP contribution is 2.39. The lowest BCUT2D eigenvalue weighted by Crippen LogP contribution is -2.50. The number of hydrogen-bond donors (Lipinski definition) is 1. The van der Waals surface area contributed by atoms with E-state index in [0.29, 0.717) is 5.56 Å². The van der Waals surface area contributed by atoms with Crippen LogP contribution in [0.3, 0.4) is 0 Å². The number of methoxy groups -OCH3 is 1. The summed E-state index contributed by atoms with van der Waals surface area (Å²) in [6.07, 6.45) is 2.79. The van der Waals surface area contributed by atoms with Gasteiger partial charge in [0.25, 0.3) is 0 Å². The molecule has 1 atom stereocenters. The summed E-state index contributed by atoms with van der Waals surface area (Å²) in [5.74, 6) is -0.185. The standard InChI is InChI=1S/C23H26N2O3/c1-28-22(27)19-9-5-6-17(14-19)16-25-12-10-23(11-13-25)15-20(21(26)24-23)18-7-3-2-4-8-18/h2-9,14,20H,10-13,15-16H2,1H3,(H,24,26)/t20-/m1/s1. The molecule has 2 aliphatic rings. The van der Waals surface area contributed by atoms with E-state index in [0.717, 1.165) is 50.0 Å². The molecule has 1 spiro atoms. The quantitative estimate of drug-likeness (QED) is 0.831. The number of amides is 1. The molecule has 0 aromatic heterocycles. The summed E-state index contributed by atoms with van der Waals surface area (Å²) in [5.41, 5.74) is 2.72. The molecule has 2 aromatic carbocycles. The van der Waals surface area contributed by atoms with Gasteiger partial charge in [-0.25, -0.2) is 4.79 Å². The van der Waals surface area contributed by atoms with E-state index in [2.05, 4.69) is 10.2 Å². The minimum absolute atomic E-state index is 0.0375. The number of esters is 1. The first-order valence-electron chi connectivity index (χ1n) is 9.85. The zero-order chi connectivity index (χ0) is 19.6. The van der Waals surface area contributed by atoms with Gasteiger partial charge in [-0.05, 0) is 42.5 Å². The maximum Gasteiger partial charge on any atom is 0.337 e. The van der Waals surface area contributed by atoms with Crippen molar-refractivity contribution in [1.82, 2.24) is 10.2 Å². The molecular weight excluding hydrogens is 352 g/mol. The zero-order valence-corrected chi connectivity index (χ0v) is 16.2. The van der Waals surface area contributed by atoms with Crippen LogP contribution in [-0.2, 0) is 16.1 Å². The van der Waals surface area contributed by atoms with Crippen LogP contribution in [0.1, 0.15) is 46.7 Å². The van der Waals surface area contributed by atoms with Gasteiger partial charge in [0.2, 0.25) is 5.91 Å². The van der Waals surface area contributed by atoms with Crippen molar-refractivity contribution in [2.24, 2.45) is 0 Å². The molecule has 28 heavy (non-hydrogen) atoms. The normalized spacial score (nSPS) is 21.5. The lowest BCUT2D eigenvalue weighted by atomic mass is 9.82. The lowest BCUT2D eigenvalue weighted by molar-refractivity contribution is -0.121. The number of ether oxygens (including phenoxy) is 1. The second-order valence-electron chi connectivity index (χ2n) is 7.91. The Morgan fingerprint density at radius 3 is 2.61 bits per heavy atom. The van der Waals surface area contributed by atoms with E-state index in [1.165, 1.54) is 7.11 Å². The number of carbonyl (C=O) groups excluding carboxylic acids is 2. The Labute approximate surface area is 165 Å².